The van der Waals surface area contributed by atoms with Crippen molar-refractivity contribution >= 4 is 27.3 Å². The van der Waals surface area contributed by atoms with Crippen molar-refractivity contribution in [1.82, 2.24) is 4.90 Å². The normalized spacial score (nSPS) is 16.3. The number of rotatable bonds is 11. The van der Waals surface area contributed by atoms with Gasteiger partial charge in [-0.15, -0.1) is 0 Å². The van der Waals surface area contributed by atoms with E-state index in [1.54, 1.807) is 4.31 Å². The van der Waals surface area contributed by atoms with Gasteiger partial charge in [0.2, 0.25) is 15.9 Å². The molecule has 9 heteroatoms. The third-order valence-corrected chi connectivity index (χ3v) is 9.46. The number of benzene rings is 3. The molecule has 2 atom stereocenters. The smallest absolute Gasteiger partial charge is 0.239 e. The summed E-state index contributed by atoms with van der Waals surface area (Å²) < 4.78 is 56.4. The van der Waals surface area contributed by atoms with Gasteiger partial charge in [0.1, 0.15) is 11.6 Å². The summed E-state index contributed by atoms with van der Waals surface area (Å²) in [6, 6.07) is 21.2. The first-order valence-electron chi connectivity index (χ1n) is 13.8. The Morgan fingerprint density at radius 2 is 1.62 bits per heavy atom. The van der Waals surface area contributed by atoms with Crippen LogP contribution in [0.5, 0.6) is 0 Å². The van der Waals surface area contributed by atoms with E-state index in [0.717, 1.165) is 43.6 Å². The van der Waals surface area contributed by atoms with Gasteiger partial charge >= 0.3 is 0 Å². The van der Waals surface area contributed by atoms with Crippen molar-refractivity contribution in [3.63, 3.8) is 0 Å². The molecule has 1 aliphatic rings. The zero-order chi connectivity index (χ0) is 28.7. The lowest BCUT2D eigenvalue weighted by atomic mass is 9.91. The summed E-state index contributed by atoms with van der Waals surface area (Å²) in [5, 5.41) is 2.55. The molecule has 4 rings (SSSR count). The molecule has 3 aromatic carbocycles. The summed E-state index contributed by atoms with van der Waals surface area (Å²) in [5.74, 6) is -1.75. The fourth-order valence-corrected chi connectivity index (χ4v) is 7.49. The van der Waals surface area contributed by atoms with Gasteiger partial charge in [0, 0.05) is 18.5 Å². The number of para-hydroxylation sites is 1. The maximum absolute atomic E-state index is 13.9. The van der Waals surface area contributed by atoms with E-state index in [-0.39, 0.29) is 41.8 Å². The van der Waals surface area contributed by atoms with E-state index in [4.69, 9.17) is 0 Å². The highest BCUT2D eigenvalue weighted by molar-refractivity contribution is 7.92. The molecule has 1 fully saturated rings. The number of hydrogen-bond donors (Lipinski definition) is 1. The van der Waals surface area contributed by atoms with Crippen LogP contribution in [0.4, 0.5) is 20.2 Å². The summed E-state index contributed by atoms with van der Waals surface area (Å²) in [7, 11) is -3.69. The van der Waals surface area contributed by atoms with Crippen LogP contribution in [0, 0.1) is 17.6 Å². The topological polar surface area (TPSA) is 69.7 Å². The van der Waals surface area contributed by atoms with Gasteiger partial charge < -0.3 is 5.32 Å². The molecular weight excluding hydrogens is 532 g/mol. The SMILES string of the molecule is CCC([C@@H](C)N1CCC(CC(=O)Nc2ccc(F)cc2F)CC1)N(c1ccccc1)S(=O)(=O)Cc1ccccc1. The second-order valence-corrected chi connectivity index (χ2v) is 12.3. The van der Waals surface area contributed by atoms with Gasteiger partial charge in [-0.1, -0.05) is 55.5 Å². The van der Waals surface area contributed by atoms with E-state index in [2.05, 4.69) is 17.1 Å². The summed E-state index contributed by atoms with van der Waals surface area (Å²) >= 11 is 0. The fourth-order valence-electron chi connectivity index (χ4n) is 5.55. The molecular formula is C31H37F2N3O3S. The fraction of sp³-hybridized carbons (Fsp3) is 0.387. The van der Waals surface area contributed by atoms with Crippen LogP contribution in [-0.2, 0) is 20.6 Å². The lowest BCUT2D eigenvalue weighted by Crippen LogP contribution is -2.54. The minimum atomic E-state index is -3.69. The summed E-state index contributed by atoms with van der Waals surface area (Å²) in [6.45, 7) is 5.54. The molecule has 0 aromatic heterocycles. The Balaban J connectivity index is 1.43. The quantitative estimate of drug-likeness (QED) is 0.298. The largest absolute Gasteiger partial charge is 0.324 e. The van der Waals surface area contributed by atoms with Gasteiger partial charge in [-0.05, 0) is 75.0 Å². The first-order chi connectivity index (χ1) is 19.2. The van der Waals surface area contributed by atoms with Gasteiger partial charge in [0.05, 0.1) is 23.2 Å². The van der Waals surface area contributed by atoms with Crippen molar-refractivity contribution in [2.45, 2.75) is 57.4 Å². The molecule has 1 unspecified atom stereocenters. The number of anilines is 2. The van der Waals surface area contributed by atoms with E-state index < -0.39 is 21.7 Å². The first kappa shape index (κ1) is 29.7. The lowest BCUT2D eigenvalue weighted by Gasteiger charge is -2.43. The Bertz CT molecular complexity index is 1370. The van der Waals surface area contributed by atoms with E-state index >= 15 is 0 Å². The highest BCUT2D eigenvalue weighted by atomic mass is 32.2. The van der Waals surface area contributed by atoms with Crippen molar-refractivity contribution in [1.29, 1.82) is 0 Å². The Hall–Kier alpha value is -3.30. The van der Waals surface area contributed by atoms with Gasteiger partial charge in [-0.3, -0.25) is 14.0 Å². The minimum Gasteiger partial charge on any atom is -0.324 e. The highest BCUT2D eigenvalue weighted by Crippen LogP contribution is 2.30. The van der Waals surface area contributed by atoms with Gasteiger partial charge in [-0.2, -0.15) is 0 Å². The zero-order valence-electron chi connectivity index (χ0n) is 23.0. The predicted octanol–water partition coefficient (Wildman–Crippen LogP) is 6.21. The van der Waals surface area contributed by atoms with Crippen LogP contribution in [0.1, 0.15) is 45.1 Å². The monoisotopic (exact) mass is 569 g/mol. The van der Waals surface area contributed by atoms with Crippen LogP contribution in [0.25, 0.3) is 0 Å². The Morgan fingerprint density at radius 3 is 2.23 bits per heavy atom. The molecule has 0 bridgehead atoms. The summed E-state index contributed by atoms with van der Waals surface area (Å²) in [6.07, 6.45) is 2.41. The molecule has 0 saturated carbocycles. The van der Waals surface area contributed by atoms with Gasteiger partial charge in [-0.25, -0.2) is 17.2 Å². The van der Waals surface area contributed by atoms with Crippen molar-refractivity contribution in [3.05, 3.63) is 96.1 Å². The molecule has 6 nitrogen and oxygen atoms in total. The van der Waals surface area contributed by atoms with Crippen LogP contribution in [0.2, 0.25) is 0 Å². The molecule has 1 saturated heterocycles. The lowest BCUT2D eigenvalue weighted by molar-refractivity contribution is -0.117. The number of sulfonamides is 1. The molecule has 214 valence electrons. The molecule has 1 N–H and O–H groups in total. The van der Waals surface area contributed by atoms with E-state index in [9.17, 15) is 22.0 Å². The predicted molar refractivity (Wildman–Crippen MR) is 155 cm³/mol. The van der Waals surface area contributed by atoms with Crippen LogP contribution in [-0.4, -0.2) is 44.4 Å². The number of halogens is 2. The van der Waals surface area contributed by atoms with Gasteiger partial charge in [0.15, 0.2) is 0 Å². The first-order valence-corrected chi connectivity index (χ1v) is 15.4. The second-order valence-electron chi connectivity index (χ2n) is 10.4. The number of hydrogen-bond acceptors (Lipinski definition) is 4. The van der Waals surface area contributed by atoms with Crippen molar-refractivity contribution in [2.75, 3.05) is 22.7 Å². The van der Waals surface area contributed by atoms with Crippen molar-refractivity contribution in [2.24, 2.45) is 5.92 Å². The van der Waals surface area contributed by atoms with Crippen LogP contribution in [0.3, 0.4) is 0 Å². The molecule has 0 aliphatic carbocycles. The molecule has 1 aliphatic heterocycles. The molecule has 40 heavy (non-hydrogen) atoms. The van der Waals surface area contributed by atoms with Crippen LogP contribution < -0.4 is 9.62 Å². The third kappa shape index (κ3) is 7.46. The molecule has 0 spiro atoms. The number of nitrogens with one attached hydrogen (secondary N) is 1. The molecule has 0 radical (unpaired) electrons. The second kappa shape index (κ2) is 13.4. The van der Waals surface area contributed by atoms with Crippen LogP contribution in [0.15, 0.2) is 78.9 Å². The van der Waals surface area contributed by atoms with Crippen LogP contribution >= 0.6 is 0 Å². The maximum atomic E-state index is 13.9. The van der Waals surface area contributed by atoms with Gasteiger partial charge in [0.25, 0.3) is 0 Å². The zero-order valence-corrected chi connectivity index (χ0v) is 23.8. The standard InChI is InChI=1S/C31H37F2N3O3S/c1-3-30(36(27-12-8-5-9-13-27)40(38,39)22-25-10-6-4-7-11-25)23(2)35-18-16-24(17-19-35)20-31(37)34-29-15-14-26(32)21-28(29)33/h4-15,21,23-24,30H,3,16-20,22H2,1-2H3,(H,34,37)/t23-,30?/m1/s1. The third-order valence-electron chi connectivity index (χ3n) is 7.68. The average Bonchev–Trinajstić information content (AvgIpc) is 2.94. The minimum absolute atomic E-state index is 0.0269. The van der Waals surface area contributed by atoms with Crippen molar-refractivity contribution < 1.29 is 22.0 Å². The average molecular weight is 570 g/mol. The number of carbonyl (C=O) groups excluding carboxylic acids is 1. The van der Waals surface area contributed by atoms with Crippen molar-refractivity contribution in [3.8, 4) is 0 Å². The Kier molecular flexibility index (Phi) is 9.92. The molecule has 1 amide bonds. The highest BCUT2D eigenvalue weighted by Gasteiger charge is 2.36. The Labute approximate surface area is 236 Å². The van der Waals surface area contributed by atoms with E-state index in [1.807, 2.05) is 67.6 Å². The number of carbonyl (C=O) groups is 1. The number of likely N-dealkylation sites (tertiary alicyclic amines) is 1. The maximum Gasteiger partial charge on any atom is 0.239 e. The molecule has 3 aromatic rings. The van der Waals surface area contributed by atoms with E-state index in [0.29, 0.717) is 12.1 Å². The molecule has 1 heterocycles. The number of nitrogens with zero attached hydrogens (tertiary/aromatic N) is 2. The number of amides is 1. The van der Waals surface area contributed by atoms with E-state index in [1.165, 1.54) is 6.07 Å². The number of piperidine rings is 1. The Morgan fingerprint density at radius 1 is 1.00 bits per heavy atom. The summed E-state index contributed by atoms with van der Waals surface area (Å²) in [5.41, 5.74) is 1.36. The summed E-state index contributed by atoms with van der Waals surface area (Å²) in [4.78, 5) is 14.8.